The topological polar surface area (TPSA) is 77.5 Å². The van der Waals surface area contributed by atoms with Crippen LogP contribution in [0.25, 0.3) is 10.9 Å². The lowest BCUT2D eigenvalue weighted by Crippen LogP contribution is -2.10. The number of nitrogens with zero attached hydrogens (tertiary/aromatic N) is 2. The Morgan fingerprint density at radius 2 is 1.92 bits per heavy atom. The maximum atomic E-state index is 6.47. The van der Waals surface area contributed by atoms with Crippen LogP contribution in [0.15, 0.2) is 67.0 Å². The van der Waals surface area contributed by atoms with Gasteiger partial charge in [-0.3, -0.25) is 0 Å². The maximum Gasteiger partial charge on any atom is 0.145 e. The van der Waals surface area contributed by atoms with Crippen LogP contribution in [0.4, 0.5) is 11.5 Å². The normalized spacial score (nSPS) is 15.0. The van der Waals surface area contributed by atoms with Crippen molar-refractivity contribution in [2.24, 2.45) is 5.92 Å². The van der Waals surface area contributed by atoms with Gasteiger partial charge in [0, 0.05) is 18.2 Å². The summed E-state index contributed by atoms with van der Waals surface area (Å²) < 4.78 is 17.8. The van der Waals surface area contributed by atoms with E-state index in [4.69, 9.17) is 25.8 Å². The number of rotatable bonds is 11. The van der Waals surface area contributed by atoms with Gasteiger partial charge in [-0.05, 0) is 56.0 Å². The lowest BCUT2D eigenvalue weighted by molar-refractivity contribution is 0.287. The van der Waals surface area contributed by atoms with Crippen molar-refractivity contribution in [1.29, 1.82) is 0 Å². The number of anilines is 2. The molecule has 0 amide bonds. The van der Waals surface area contributed by atoms with Crippen molar-refractivity contribution in [2.45, 2.75) is 25.9 Å². The Balaban J connectivity index is 1.43. The third-order valence-electron chi connectivity index (χ3n) is 6.53. The van der Waals surface area contributed by atoms with Crippen LogP contribution in [-0.4, -0.2) is 36.8 Å². The van der Waals surface area contributed by atoms with Crippen LogP contribution in [0.1, 0.15) is 24.8 Å². The van der Waals surface area contributed by atoms with E-state index >= 15 is 0 Å². The summed E-state index contributed by atoms with van der Waals surface area (Å²) >= 11 is 6.47. The van der Waals surface area contributed by atoms with Gasteiger partial charge in [0.2, 0.25) is 0 Å². The van der Waals surface area contributed by atoms with Crippen LogP contribution in [0.3, 0.4) is 0 Å². The SMILES string of the molecule is COc1ccc(Cl)c(Nc2ncnc3cc(OCc4ccccc4)cc(OCCCC4CCNC4)c23)c1. The van der Waals surface area contributed by atoms with Crippen LogP contribution in [0.2, 0.25) is 5.02 Å². The van der Waals surface area contributed by atoms with Crippen molar-refractivity contribution in [3.63, 3.8) is 0 Å². The number of aromatic nitrogens is 2. The van der Waals surface area contributed by atoms with Gasteiger partial charge in [0.15, 0.2) is 0 Å². The highest BCUT2D eigenvalue weighted by atomic mass is 35.5. The first-order valence-corrected chi connectivity index (χ1v) is 13.0. The van der Waals surface area contributed by atoms with Gasteiger partial charge in [-0.1, -0.05) is 41.9 Å². The smallest absolute Gasteiger partial charge is 0.145 e. The van der Waals surface area contributed by atoms with Crippen molar-refractivity contribution in [2.75, 3.05) is 32.1 Å². The molecule has 1 atom stereocenters. The van der Waals surface area contributed by atoms with Gasteiger partial charge in [-0.25, -0.2) is 9.97 Å². The van der Waals surface area contributed by atoms with Crippen molar-refractivity contribution >= 4 is 34.0 Å². The maximum absolute atomic E-state index is 6.47. The van der Waals surface area contributed by atoms with Crippen molar-refractivity contribution < 1.29 is 14.2 Å². The highest BCUT2D eigenvalue weighted by molar-refractivity contribution is 6.33. The van der Waals surface area contributed by atoms with Gasteiger partial charge >= 0.3 is 0 Å². The van der Waals surface area contributed by atoms with E-state index in [1.165, 1.54) is 12.7 Å². The van der Waals surface area contributed by atoms with Crippen molar-refractivity contribution in [1.82, 2.24) is 15.3 Å². The van der Waals surface area contributed by atoms with Gasteiger partial charge in [0.1, 0.15) is 36.0 Å². The Labute approximate surface area is 222 Å². The van der Waals surface area contributed by atoms with Crippen molar-refractivity contribution in [3.8, 4) is 17.2 Å². The quantitative estimate of drug-likeness (QED) is 0.223. The molecular weight excluding hydrogens is 488 g/mol. The number of ether oxygens (including phenoxy) is 3. The molecule has 2 N–H and O–H groups in total. The summed E-state index contributed by atoms with van der Waals surface area (Å²) in [4.78, 5) is 9.05. The minimum atomic E-state index is 0.454. The second-order valence-corrected chi connectivity index (χ2v) is 9.54. The fraction of sp³-hybridized carbons (Fsp3) is 0.310. The molecule has 4 aromatic rings. The van der Waals surface area contributed by atoms with Crippen LogP contribution in [0, 0.1) is 5.92 Å². The van der Waals surface area contributed by atoms with Gasteiger partial charge in [-0.2, -0.15) is 0 Å². The van der Waals surface area contributed by atoms with Crippen LogP contribution < -0.4 is 24.8 Å². The first kappa shape index (κ1) is 25.1. The number of hydrogen-bond acceptors (Lipinski definition) is 7. The Morgan fingerprint density at radius 1 is 1.03 bits per heavy atom. The molecule has 0 bridgehead atoms. The third-order valence-corrected chi connectivity index (χ3v) is 6.86. The highest BCUT2D eigenvalue weighted by Crippen LogP contribution is 2.37. The zero-order valence-electron chi connectivity index (χ0n) is 20.9. The van der Waals surface area contributed by atoms with Crippen LogP contribution in [-0.2, 0) is 6.61 Å². The first-order chi connectivity index (χ1) is 18.2. The molecule has 3 aromatic carbocycles. The number of hydrogen-bond donors (Lipinski definition) is 2. The number of halogens is 1. The van der Waals surface area contributed by atoms with E-state index in [9.17, 15) is 0 Å². The van der Waals surface area contributed by atoms with Crippen LogP contribution >= 0.6 is 11.6 Å². The Hall–Kier alpha value is -3.55. The average Bonchev–Trinajstić information content (AvgIpc) is 3.45. The molecule has 1 aliphatic heterocycles. The van der Waals surface area contributed by atoms with Crippen molar-refractivity contribution in [3.05, 3.63) is 77.6 Å². The second kappa shape index (κ2) is 12.1. The summed E-state index contributed by atoms with van der Waals surface area (Å²) in [5, 5.41) is 8.11. The van der Waals surface area contributed by atoms with Crippen LogP contribution in [0.5, 0.6) is 17.2 Å². The van der Waals surface area contributed by atoms with E-state index in [1.807, 2.05) is 54.6 Å². The number of methoxy groups -OCH3 is 1. The fourth-order valence-electron chi connectivity index (χ4n) is 4.53. The Morgan fingerprint density at radius 3 is 2.73 bits per heavy atom. The molecule has 7 nitrogen and oxygen atoms in total. The lowest BCUT2D eigenvalue weighted by Gasteiger charge is -2.16. The van der Waals surface area contributed by atoms with E-state index in [0.29, 0.717) is 47.0 Å². The molecular formula is C29H31ClN4O3. The van der Waals surface area contributed by atoms with Gasteiger partial charge < -0.3 is 24.8 Å². The zero-order valence-corrected chi connectivity index (χ0v) is 21.6. The predicted octanol–water partition coefficient (Wildman–Crippen LogP) is 6.38. The van der Waals surface area contributed by atoms with E-state index in [1.54, 1.807) is 13.2 Å². The monoisotopic (exact) mass is 518 g/mol. The van der Waals surface area contributed by atoms with Gasteiger partial charge in [-0.15, -0.1) is 0 Å². The van der Waals surface area contributed by atoms with E-state index in [2.05, 4.69) is 20.6 Å². The molecule has 1 aromatic heterocycles. The summed E-state index contributed by atoms with van der Waals surface area (Å²) in [7, 11) is 1.62. The molecule has 0 spiro atoms. The summed E-state index contributed by atoms with van der Waals surface area (Å²) in [6.45, 7) is 3.25. The highest BCUT2D eigenvalue weighted by Gasteiger charge is 2.17. The molecule has 0 radical (unpaired) electrons. The molecule has 1 fully saturated rings. The Kier molecular flexibility index (Phi) is 8.23. The third kappa shape index (κ3) is 6.42. The molecule has 0 aliphatic carbocycles. The summed E-state index contributed by atoms with van der Waals surface area (Å²) in [5.74, 6) is 3.38. The molecule has 0 saturated carbocycles. The standard InChI is InChI=1S/C29H31ClN4O3/c1-35-22-9-10-24(30)25(14-22)34-29-28-26(32-19-33-29)15-23(37-18-21-6-3-2-4-7-21)16-27(28)36-13-5-8-20-11-12-31-17-20/h2-4,6-7,9-10,14-16,19-20,31H,5,8,11-13,17-18H2,1H3,(H,32,33,34). The Bertz CT molecular complexity index is 1330. The summed E-state index contributed by atoms with van der Waals surface area (Å²) in [6, 6.07) is 19.4. The summed E-state index contributed by atoms with van der Waals surface area (Å²) in [6.07, 6.45) is 4.86. The number of benzene rings is 3. The minimum absolute atomic E-state index is 0.454. The average molecular weight is 519 g/mol. The lowest BCUT2D eigenvalue weighted by atomic mass is 10.0. The molecule has 37 heavy (non-hydrogen) atoms. The number of nitrogens with one attached hydrogen (secondary N) is 2. The minimum Gasteiger partial charge on any atom is -0.497 e. The molecule has 8 heteroatoms. The first-order valence-electron chi connectivity index (χ1n) is 12.6. The number of fused-ring (bicyclic) bond motifs is 1. The zero-order chi connectivity index (χ0) is 25.5. The summed E-state index contributed by atoms with van der Waals surface area (Å²) in [5.41, 5.74) is 2.50. The van der Waals surface area contributed by atoms with Gasteiger partial charge in [0.25, 0.3) is 0 Å². The second-order valence-electron chi connectivity index (χ2n) is 9.13. The predicted molar refractivity (Wildman–Crippen MR) is 147 cm³/mol. The molecule has 2 heterocycles. The fourth-order valence-corrected chi connectivity index (χ4v) is 4.70. The van der Waals surface area contributed by atoms with E-state index in [0.717, 1.165) is 48.3 Å². The molecule has 1 unspecified atom stereocenters. The van der Waals surface area contributed by atoms with Gasteiger partial charge in [0.05, 0.1) is 35.3 Å². The molecule has 192 valence electrons. The molecule has 1 saturated heterocycles. The van der Waals surface area contributed by atoms with E-state index in [-0.39, 0.29) is 0 Å². The molecule has 1 aliphatic rings. The van der Waals surface area contributed by atoms with E-state index < -0.39 is 0 Å². The molecule has 5 rings (SSSR count). The largest absolute Gasteiger partial charge is 0.497 e.